The molecule has 0 spiro atoms. The minimum absolute atomic E-state index is 0.784. The Kier molecular flexibility index (Phi) is 4.24. The van der Waals surface area contributed by atoms with E-state index in [2.05, 4.69) is 27.4 Å². The van der Waals surface area contributed by atoms with Crippen LogP contribution in [0.1, 0.15) is 25.7 Å². The van der Waals surface area contributed by atoms with Gasteiger partial charge >= 0.3 is 0 Å². The van der Waals surface area contributed by atoms with E-state index in [9.17, 15) is 0 Å². The van der Waals surface area contributed by atoms with Crippen LogP contribution in [0, 0.1) is 11.8 Å². The van der Waals surface area contributed by atoms with Crippen molar-refractivity contribution in [3.8, 4) is 17.0 Å². The summed E-state index contributed by atoms with van der Waals surface area (Å²) in [7, 11) is 0. The summed E-state index contributed by atoms with van der Waals surface area (Å²) >= 11 is 0. The van der Waals surface area contributed by atoms with Crippen LogP contribution in [0.15, 0.2) is 42.9 Å². The number of nitrogens with one attached hydrogen (secondary N) is 1. The second-order valence-electron chi connectivity index (χ2n) is 6.70. The first-order chi connectivity index (χ1) is 11.4. The van der Waals surface area contributed by atoms with Crippen LogP contribution in [0.2, 0.25) is 0 Å². The maximum absolute atomic E-state index is 5.93. The molecule has 1 aliphatic carbocycles. The maximum atomic E-state index is 5.93. The predicted molar refractivity (Wildman–Crippen MR) is 90.2 cm³/mol. The highest BCUT2D eigenvalue weighted by atomic mass is 16.5. The molecule has 0 bridgehead atoms. The normalized spacial score (nSPS) is 26.2. The third-order valence-corrected chi connectivity index (χ3v) is 5.24. The number of hydrogen-bond acceptors (Lipinski definition) is 4. The third kappa shape index (κ3) is 3.37. The molecule has 4 heteroatoms. The van der Waals surface area contributed by atoms with Gasteiger partial charge in [0, 0.05) is 17.8 Å². The summed E-state index contributed by atoms with van der Waals surface area (Å²) in [5.74, 6) is 2.70. The second-order valence-corrected chi connectivity index (χ2v) is 6.70. The summed E-state index contributed by atoms with van der Waals surface area (Å²) in [5.41, 5.74) is 2.03. The van der Waals surface area contributed by atoms with E-state index >= 15 is 0 Å². The Morgan fingerprint density at radius 2 is 2.04 bits per heavy atom. The summed E-state index contributed by atoms with van der Waals surface area (Å²) < 4.78 is 5.93. The van der Waals surface area contributed by atoms with E-state index < -0.39 is 0 Å². The molecule has 0 radical (unpaired) electrons. The van der Waals surface area contributed by atoms with E-state index in [1.807, 2.05) is 18.2 Å². The largest absolute Gasteiger partial charge is 0.494 e. The number of fused-ring (bicyclic) bond motifs is 1. The molecule has 1 saturated heterocycles. The van der Waals surface area contributed by atoms with Gasteiger partial charge in [-0.1, -0.05) is 0 Å². The van der Waals surface area contributed by atoms with Gasteiger partial charge in [-0.25, -0.2) is 9.97 Å². The lowest BCUT2D eigenvalue weighted by Crippen LogP contribution is -2.22. The van der Waals surface area contributed by atoms with Gasteiger partial charge in [0.2, 0.25) is 0 Å². The second kappa shape index (κ2) is 6.67. The molecular weight excluding hydrogens is 286 g/mol. The van der Waals surface area contributed by atoms with Gasteiger partial charge in [0.25, 0.3) is 0 Å². The summed E-state index contributed by atoms with van der Waals surface area (Å²) in [5, 5.41) is 3.63. The molecule has 4 rings (SSSR count). The number of hydrogen-bond donors (Lipinski definition) is 1. The number of ether oxygens (including phenoxy) is 1. The minimum atomic E-state index is 0.784. The van der Waals surface area contributed by atoms with Crippen molar-refractivity contribution < 1.29 is 4.74 Å². The van der Waals surface area contributed by atoms with Crippen molar-refractivity contribution >= 4 is 0 Å². The van der Waals surface area contributed by atoms with Crippen LogP contribution in [0.25, 0.3) is 11.3 Å². The highest BCUT2D eigenvalue weighted by Gasteiger charge is 2.36. The van der Waals surface area contributed by atoms with Gasteiger partial charge in [0.15, 0.2) is 0 Å². The summed E-state index contributed by atoms with van der Waals surface area (Å²) in [6.45, 7) is 2.04. The fourth-order valence-electron chi connectivity index (χ4n) is 4.03. The van der Waals surface area contributed by atoms with E-state index in [-0.39, 0.29) is 0 Å². The number of rotatable bonds is 5. The molecule has 120 valence electrons. The monoisotopic (exact) mass is 309 g/mol. The summed E-state index contributed by atoms with van der Waals surface area (Å²) in [4.78, 5) is 8.21. The lowest BCUT2D eigenvalue weighted by Gasteiger charge is -2.12. The summed E-state index contributed by atoms with van der Waals surface area (Å²) in [6.07, 6.45) is 8.59. The molecule has 2 fully saturated rings. The molecule has 1 aromatic carbocycles. The molecule has 2 aromatic rings. The van der Waals surface area contributed by atoms with E-state index in [4.69, 9.17) is 4.74 Å². The first-order valence-electron chi connectivity index (χ1n) is 8.61. The molecule has 1 saturated carbocycles. The Balaban J connectivity index is 1.27. The van der Waals surface area contributed by atoms with Crippen LogP contribution >= 0.6 is 0 Å². The van der Waals surface area contributed by atoms with Crippen molar-refractivity contribution in [2.24, 2.45) is 11.8 Å². The van der Waals surface area contributed by atoms with Crippen molar-refractivity contribution in [3.05, 3.63) is 42.9 Å². The first kappa shape index (κ1) is 14.6. The zero-order chi connectivity index (χ0) is 15.5. The SMILES string of the molecule is c1cc(-c2ccc(OCCC3CC4CCNC4C3)cc2)ncn1. The van der Waals surface area contributed by atoms with E-state index in [1.165, 1.54) is 32.2 Å². The highest BCUT2D eigenvalue weighted by molar-refractivity contribution is 5.59. The van der Waals surface area contributed by atoms with E-state index in [0.29, 0.717) is 0 Å². The van der Waals surface area contributed by atoms with Crippen molar-refractivity contribution in [1.82, 2.24) is 15.3 Å². The molecule has 1 aliphatic heterocycles. The van der Waals surface area contributed by atoms with Gasteiger partial charge in [-0.05, 0) is 74.4 Å². The van der Waals surface area contributed by atoms with Crippen molar-refractivity contribution in [1.29, 1.82) is 0 Å². The Morgan fingerprint density at radius 3 is 2.83 bits per heavy atom. The highest BCUT2D eigenvalue weighted by Crippen LogP contribution is 2.38. The van der Waals surface area contributed by atoms with Gasteiger partial charge in [-0.15, -0.1) is 0 Å². The molecule has 0 amide bonds. The van der Waals surface area contributed by atoms with Gasteiger partial charge in [-0.2, -0.15) is 0 Å². The number of benzene rings is 1. The Morgan fingerprint density at radius 1 is 1.13 bits per heavy atom. The Hall–Kier alpha value is -1.94. The van der Waals surface area contributed by atoms with Gasteiger partial charge < -0.3 is 10.1 Å². The minimum Gasteiger partial charge on any atom is -0.494 e. The molecule has 1 N–H and O–H groups in total. The van der Waals surface area contributed by atoms with Crippen LogP contribution in [-0.2, 0) is 0 Å². The van der Waals surface area contributed by atoms with Gasteiger partial charge in [0.05, 0.1) is 12.3 Å². The number of aromatic nitrogens is 2. The van der Waals surface area contributed by atoms with Crippen LogP contribution in [0.5, 0.6) is 5.75 Å². The average Bonchev–Trinajstić information content (AvgIpc) is 3.18. The number of nitrogens with zero attached hydrogens (tertiary/aromatic N) is 2. The maximum Gasteiger partial charge on any atom is 0.119 e. The molecule has 2 aliphatic rings. The van der Waals surface area contributed by atoms with Crippen molar-refractivity contribution in [3.63, 3.8) is 0 Å². The lowest BCUT2D eigenvalue weighted by atomic mass is 10.0. The zero-order valence-electron chi connectivity index (χ0n) is 13.3. The van der Waals surface area contributed by atoms with Gasteiger partial charge in [-0.3, -0.25) is 0 Å². The topological polar surface area (TPSA) is 47.0 Å². The fraction of sp³-hybridized carbons (Fsp3) is 0.474. The van der Waals surface area contributed by atoms with Crippen molar-refractivity contribution in [2.75, 3.05) is 13.2 Å². The zero-order valence-corrected chi connectivity index (χ0v) is 13.3. The summed E-state index contributed by atoms with van der Waals surface area (Å²) in [6, 6.07) is 10.9. The van der Waals surface area contributed by atoms with Gasteiger partial charge in [0.1, 0.15) is 12.1 Å². The smallest absolute Gasteiger partial charge is 0.119 e. The molecule has 2 heterocycles. The lowest BCUT2D eigenvalue weighted by molar-refractivity contribution is 0.274. The van der Waals surface area contributed by atoms with Crippen LogP contribution in [-0.4, -0.2) is 29.2 Å². The van der Waals surface area contributed by atoms with E-state index in [0.717, 1.165) is 41.5 Å². The Bertz CT molecular complexity index is 617. The quantitative estimate of drug-likeness (QED) is 0.920. The van der Waals surface area contributed by atoms with Crippen LogP contribution in [0.4, 0.5) is 0 Å². The first-order valence-corrected chi connectivity index (χ1v) is 8.61. The molecule has 3 unspecified atom stereocenters. The Labute approximate surface area is 137 Å². The molecule has 1 aromatic heterocycles. The van der Waals surface area contributed by atoms with Crippen LogP contribution < -0.4 is 10.1 Å². The third-order valence-electron chi connectivity index (χ3n) is 5.24. The predicted octanol–water partition coefficient (Wildman–Crippen LogP) is 3.30. The van der Waals surface area contributed by atoms with Crippen molar-refractivity contribution in [2.45, 2.75) is 31.7 Å². The van der Waals surface area contributed by atoms with Crippen LogP contribution in [0.3, 0.4) is 0 Å². The standard InChI is InChI=1S/C19H23N3O/c1-3-17(4-2-15(1)18-6-8-20-13-22-18)23-10-7-14-11-16-5-9-21-19(16)12-14/h1-4,6,8,13-14,16,19,21H,5,7,9-12H2. The molecule has 23 heavy (non-hydrogen) atoms. The molecule has 3 atom stereocenters. The van der Waals surface area contributed by atoms with E-state index in [1.54, 1.807) is 12.5 Å². The molecule has 4 nitrogen and oxygen atoms in total. The fourth-order valence-corrected chi connectivity index (χ4v) is 4.03. The molecular formula is C19H23N3O. The average molecular weight is 309 g/mol.